The van der Waals surface area contributed by atoms with E-state index in [4.69, 9.17) is 4.74 Å². The van der Waals surface area contributed by atoms with Crippen LogP contribution in [0.25, 0.3) is 0 Å². The van der Waals surface area contributed by atoms with E-state index in [-0.39, 0.29) is 0 Å². The Hall–Kier alpha value is -1.41. The van der Waals surface area contributed by atoms with Crippen LogP contribution in [0.1, 0.15) is 49.3 Å². The van der Waals surface area contributed by atoms with Crippen LogP contribution in [-0.4, -0.2) is 42.4 Å². The van der Waals surface area contributed by atoms with E-state index in [1.165, 1.54) is 17.5 Å². The summed E-state index contributed by atoms with van der Waals surface area (Å²) in [6, 6.07) is 11.5. The normalized spacial score (nSPS) is 25.3. The fourth-order valence-corrected chi connectivity index (χ4v) is 4.21. The number of nitrogens with zero attached hydrogens (tertiary/aromatic N) is 2. The topological polar surface area (TPSA) is 56.5 Å². The lowest BCUT2D eigenvalue weighted by atomic mass is 9.77. The summed E-state index contributed by atoms with van der Waals surface area (Å²) in [6.45, 7) is 5.08. The van der Waals surface area contributed by atoms with Gasteiger partial charge in [0.15, 0.2) is 0 Å². The van der Waals surface area contributed by atoms with E-state index >= 15 is 0 Å². The highest BCUT2D eigenvalue weighted by atomic mass is 16.5. The Morgan fingerprint density at radius 2 is 2.21 bits per heavy atom. The van der Waals surface area contributed by atoms with Gasteiger partial charge in [-0.25, -0.2) is 0 Å². The third-order valence-electron chi connectivity index (χ3n) is 5.55. The van der Waals surface area contributed by atoms with Gasteiger partial charge >= 0.3 is 0 Å². The standard InChI is InChI=1S/C20H28N2O2/c1-16-4-2-5-17(12-16)19-6-3-9-22(19)14-18(23)13-20(15-21)7-10-24-11-8-20/h2,4-5,12,18-19,23H,3,6-11,13-14H2,1H3. The number of likely N-dealkylation sites (tertiary alicyclic amines) is 1. The number of ether oxygens (including phenoxy) is 1. The molecule has 2 fully saturated rings. The first-order valence-electron chi connectivity index (χ1n) is 9.10. The van der Waals surface area contributed by atoms with Crippen LogP contribution in [0.15, 0.2) is 24.3 Å². The Bertz CT molecular complexity index is 590. The minimum Gasteiger partial charge on any atom is -0.392 e. The molecule has 0 aromatic heterocycles. The van der Waals surface area contributed by atoms with Crippen LogP contribution in [0.2, 0.25) is 0 Å². The van der Waals surface area contributed by atoms with Crippen molar-refractivity contribution in [3.8, 4) is 6.07 Å². The molecular formula is C20H28N2O2. The van der Waals surface area contributed by atoms with Crippen LogP contribution < -0.4 is 0 Å². The maximum Gasteiger partial charge on any atom is 0.0692 e. The third kappa shape index (κ3) is 3.97. The van der Waals surface area contributed by atoms with Gasteiger partial charge in [0.1, 0.15) is 0 Å². The molecule has 1 aromatic rings. The van der Waals surface area contributed by atoms with Crippen molar-refractivity contribution >= 4 is 0 Å². The van der Waals surface area contributed by atoms with Crippen molar-refractivity contribution in [3.05, 3.63) is 35.4 Å². The van der Waals surface area contributed by atoms with Gasteiger partial charge in [0.2, 0.25) is 0 Å². The average Bonchev–Trinajstić information content (AvgIpc) is 3.03. The molecule has 24 heavy (non-hydrogen) atoms. The van der Waals surface area contributed by atoms with Gasteiger partial charge in [0, 0.05) is 25.8 Å². The van der Waals surface area contributed by atoms with Gasteiger partial charge in [-0.2, -0.15) is 5.26 Å². The van der Waals surface area contributed by atoms with Crippen LogP contribution in [-0.2, 0) is 4.74 Å². The number of rotatable bonds is 5. The lowest BCUT2D eigenvalue weighted by molar-refractivity contribution is 0.00507. The highest BCUT2D eigenvalue weighted by Crippen LogP contribution is 2.37. The molecule has 4 nitrogen and oxygen atoms in total. The van der Waals surface area contributed by atoms with E-state index < -0.39 is 11.5 Å². The number of nitriles is 1. The summed E-state index contributed by atoms with van der Waals surface area (Å²) in [5.74, 6) is 0. The summed E-state index contributed by atoms with van der Waals surface area (Å²) in [5.41, 5.74) is 2.22. The summed E-state index contributed by atoms with van der Waals surface area (Å²) in [5, 5.41) is 20.2. The SMILES string of the molecule is Cc1cccc(C2CCCN2CC(O)CC2(C#N)CCOCC2)c1. The molecule has 0 spiro atoms. The van der Waals surface area contributed by atoms with E-state index in [0.29, 0.717) is 32.2 Å². The van der Waals surface area contributed by atoms with Gasteiger partial charge in [-0.1, -0.05) is 29.8 Å². The number of aliphatic hydroxyl groups is 1. The molecule has 2 aliphatic rings. The minimum atomic E-state index is -0.451. The number of β-amino-alcohol motifs (C(OH)–C–C–N with tert-alkyl or cyclic N) is 1. The number of hydrogen-bond donors (Lipinski definition) is 1. The van der Waals surface area contributed by atoms with Crippen molar-refractivity contribution in [2.24, 2.45) is 5.41 Å². The zero-order valence-corrected chi connectivity index (χ0v) is 14.6. The number of hydrogen-bond acceptors (Lipinski definition) is 4. The first-order chi connectivity index (χ1) is 11.6. The fourth-order valence-electron chi connectivity index (χ4n) is 4.21. The largest absolute Gasteiger partial charge is 0.392 e. The Morgan fingerprint density at radius 1 is 1.42 bits per heavy atom. The Kier molecular flexibility index (Phi) is 5.55. The molecule has 1 N–H and O–H groups in total. The van der Waals surface area contributed by atoms with Crippen LogP contribution in [0.5, 0.6) is 0 Å². The average molecular weight is 328 g/mol. The van der Waals surface area contributed by atoms with Crippen LogP contribution in [0.4, 0.5) is 0 Å². The zero-order chi connectivity index (χ0) is 17.0. The molecule has 0 amide bonds. The highest BCUT2D eigenvalue weighted by Gasteiger charge is 2.36. The Morgan fingerprint density at radius 3 is 2.92 bits per heavy atom. The smallest absolute Gasteiger partial charge is 0.0692 e. The Balaban J connectivity index is 1.63. The van der Waals surface area contributed by atoms with Gasteiger partial charge in [0.25, 0.3) is 0 Å². The monoisotopic (exact) mass is 328 g/mol. The van der Waals surface area contributed by atoms with Crippen LogP contribution >= 0.6 is 0 Å². The van der Waals surface area contributed by atoms with Crippen molar-refractivity contribution in [2.45, 2.75) is 51.2 Å². The molecule has 2 aliphatic heterocycles. The quantitative estimate of drug-likeness (QED) is 0.902. The molecule has 1 aromatic carbocycles. The fraction of sp³-hybridized carbons (Fsp3) is 0.650. The molecule has 0 radical (unpaired) electrons. The van der Waals surface area contributed by atoms with Crippen molar-refractivity contribution < 1.29 is 9.84 Å². The lowest BCUT2D eigenvalue weighted by Crippen LogP contribution is -2.38. The first-order valence-corrected chi connectivity index (χ1v) is 9.10. The molecule has 3 rings (SSSR count). The van der Waals surface area contributed by atoms with Crippen molar-refractivity contribution in [3.63, 3.8) is 0 Å². The van der Waals surface area contributed by atoms with E-state index in [1.807, 2.05) is 0 Å². The maximum atomic E-state index is 10.6. The highest BCUT2D eigenvalue weighted by molar-refractivity contribution is 5.25. The number of aryl methyl sites for hydroxylation is 1. The molecule has 0 aliphatic carbocycles. The molecule has 4 heteroatoms. The second kappa shape index (κ2) is 7.65. The molecule has 2 unspecified atom stereocenters. The van der Waals surface area contributed by atoms with Gasteiger partial charge in [-0.3, -0.25) is 4.90 Å². The van der Waals surface area contributed by atoms with Gasteiger partial charge in [-0.15, -0.1) is 0 Å². The van der Waals surface area contributed by atoms with Crippen molar-refractivity contribution in [2.75, 3.05) is 26.3 Å². The summed E-state index contributed by atoms with van der Waals surface area (Å²) in [4.78, 5) is 2.39. The van der Waals surface area contributed by atoms with E-state index in [2.05, 4.69) is 42.2 Å². The summed E-state index contributed by atoms with van der Waals surface area (Å²) < 4.78 is 5.38. The van der Waals surface area contributed by atoms with Gasteiger partial charge in [0.05, 0.1) is 17.6 Å². The summed E-state index contributed by atoms with van der Waals surface area (Å²) in [6.07, 6.45) is 3.90. The molecule has 0 saturated carbocycles. The zero-order valence-electron chi connectivity index (χ0n) is 14.6. The molecule has 2 saturated heterocycles. The predicted octanol–water partition coefficient (Wildman–Crippen LogP) is 3.20. The second-order valence-corrected chi connectivity index (χ2v) is 7.43. The van der Waals surface area contributed by atoms with E-state index in [9.17, 15) is 10.4 Å². The molecule has 130 valence electrons. The van der Waals surface area contributed by atoms with Crippen molar-refractivity contribution in [1.29, 1.82) is 5.26 Å². The van der Waals surface area contributed by atoms with Crippen LogP contribution in [0.3, 0.4) is 0 Å². The maximum absolute atomic E-state index is 10.6. The molecule has 2 heterocycles. The van der Waals surface area contributed by atoms with Crippen LogP contribution in [0, 0.1) is 23.7 Å². The third-order valence-corrected chi connectivity index (χ3v) is 5.55. The van der Waals surface area contributed by atoms with Crippen molar-refractivity contribution in [1.82, 2.24) is 4.90 Å². The number of benzene rings is 1. The van der Waals surface area contributed by atoms with Gasteiger partial charge in [-0.05, 0) is 51.1 Å². The lowest BCUT2D eigenvalue weighted by Gasteiger charge is -2.34. The van der Waals surface area contributed by atoms with E-state index in [0.717, 1.165) is 25.8 Å². The summed E-state index contributed by atoms with van der Waals surface area (Å²) in [7, 11) is 0. The molecule has 2 atom stereocenters. The Labute approximate surface area is 145 Å². The summed E-state index contributed by atoms with van der Waals surface area (Å²) >= 11 is 0. The van der Waals surface area contributed by atoms with E-state index in [1.54, 1.807) is 0 Å². The minimum absolute atomic E-state index is 0.396. The second-order valence-electron chi connectivity index (χ2n) is 7.43. The van der Waals surface area contributed by atoms with Gasteiger partial charge < -0.3 is 9.84 Å². The first kappa shape index (κ1) is 17.4. The predicted molar refractivity (Wildman–Crippen MR) is 93.4 cm³/mol. The molecule has 0 bridgehead atoms. The number of aliphatic hydroxyl groups excluding tert-OH is 1. The molecular weight excluding hydrogens is 300 g/mol.